The fourth-order valence-corrected chi connectivity index (χ4v) is 1.55. The minimum Gasteiger partial charge on any atom is -0.466 e. The minimum atomic E-state index is -0.402. The Labute approximate surface area is 96.2 Å². The predicted octanol–water partition coefficient (Wildman–Crippen LogP) is 1.67. The van der Waals surface area contributed by atoms with Crippen LogP contribution in [0.2, 0.25) is 0 Å². The van der Waals surface area contributed by atoms with E-state index in [0.29, 0.717) is 17.9 Å². The largest absolute Gasteiger partial charge is 0.466 e. The average molecular weight is 224 g/mol. The quantitative estimate of drug-likeness (QED) is 0.820. The first-order valence-electron chi connectivity index (χ1n) is 5.37. The van der Waals surface area contributed by atoms with Gasteiger partial charge < -0.3 is 15.5 Å². The normalized spacial score (nSPS) is 11.6. The molecule has 4 heteroatoms. The number of furan rings is 1. The van der Waals surface area contributed by atoms with Crippen LogP contribution in [0.15, 0.2) is 4.42 Å². The van der Waals surface area contributed by atoms with E-state index in [0.717, 1.165) is 11.3 Å². The second-order valence-corrected chi connectivity index (χ2v) is 4.76. The van der Waals surface area contributed by atoms with E-state index in [9.17, 15) is 4.79 Å². The van der Waals surface area contributed by atoms with Gasteiger partial charge in [-0.15, -0.1) is 0 Å². The van der Waals surface area contributed by atoms with Gasteiger partial charge in [0.25, 0.3) is 5.91 Å². The summed E-state index contributed by atoms with van der Waals surface area (Å²) in [6.07, 6.45) is 0. The molecule has 0 aromatic carbocycles. The summed E-state index contributed by atoms with van der Waals surface area (Å²) >= 11 is 0. The number of nitrogens with one attached hydrogen (secondary N) is 1. The molecule has 1 rings (SSSR count). The summed E-state index contributed by atoms with van der Waals surface area (Å²) in [4.78, 5) is 12.0. The van der Waals surface area contributed by atoms with Crippen LogP contribution < -0.4 is 11.1 Å². The fourth-order valence-electron chi connectivity index (χ4n) is 1.55. The summed E-state index contributed by atoms with van der Waals surface area (Å²) < 4.78 is 5.42. The molecule has 1 aromatic rings. The molecule has 0 atom stereocenters. The van der Waals surface area contributed by atoms with E-state index in [2.05, 4.69) is 5.32 Å². The second kappa shape index (κ2) is 4.29. The molecule has 0 radical (unpaired) electrons. The summed E-state index contributed by atoms with van der Waals surface area (Å²) in [5, 5.41) is 2.89. The molecule has 1 amide bonds. The van der Waals surface area contributed by atoms with Gasteiger partial charge in [-0.05, 0) is 34.6 Å². The highest BCUT2D eigenvalue weighted by molar-refractivity contribution is 5.97. The molecule has 0 bridgehead atoms. The molecule has 4 nitrogen and oxygen atoms in total. The average Bonchev–Trinajstić information content (AvgIpc) is 2.40. The molecule has 0 spiro atoms. The maximum absolute atomic E-state index is 12.0. The van der Waals surface area contributed by atoms with Gasteiger partial charge in [-0.1, -0.05) is 0 Å². The number of carbonyl (C=O) groups is 1. The SMILES string of the molecule is Cc1oc(C)c(C(=O)NC(C)(C)CN)c1C. The molecular weight excluding hydrogens is 204 g/mol. The van der Waals surface area contributed by atoms with Crippen molar-refractivity contribution in [3.8, 4) is 0 Å². The van der Waals surface area contributed by atoms with Crippen LogP contribution in [-0.4, -0.2) is 18.0 Å². The lowest BCUT2D eigenvalue weighted by Crippen LogP contribution is -2.49. The van der Waals surface area contributed by atoms with Crippen LogP contribution in [0.1, 0.15) is 41.3 Å². The van der Waals surface area contributed by atoms with Crippen molar-refractivity contribution in [1.82, 2.24) is 5.32 Å². The number of nitrogens with two attached hydrogens (primary N) is 1. The molecule has 16 heavy (non-hydrogen) atoms. The highest BCUT2D eigenvalue weighted by Gasteiger charge is 2.24. The van der Waals surface area contributed by atoms with Crippen molar-refractivity contribution >= 4 is 5.91 Å². The predicted molar refractivity (Wildman–Crippen MR) is 63.5 cm³/mol. The highest BCUT2D eigenvalue weighted by Crippen LogP contribution is 2.21. The molecule has 0 aliphatic carbocycles. The summed E-state index contributed by atoms with van der Waals surface area (Å²) in [6, 6.07) is 0. The molecule has 0 saturated heterocycles. The lowest BCUT2D eigenvalue weighted by atomic mass is 10.0. The molecule has 0 unspecified atom stereocenters. The Morgan fingerprint density at radius 1 is 1.31 bits per heavy atom. The van der Waals surface area contributed by atoms with Gasteiger partial charge in [-0.3, -0.25) is 4.79 Å². The molecule has 1 aromatic heterocycles. The van der Waals surface area contributed by atoms with Crippen LogP contribution >= 0.6 is 0 Å². The van der Waals surface area contributed by atoms with E-state index >= 15 is 0 Å². The monoisotopic (exact) mass is 224 g/mol. The van der Waals surface area contributed by atoms with Gasteiger partial charge in [0.05, 0.1) is 5.56 Å². The Bertz CT molecular complexity index is 405. The number of rotatable bonds is 3. The van der Waals surface area contributed by atoms with E-state index in [1.54, 1.807) is 6.92 Å². The van der Waals surface area contributed by atoms with Crippen molar-refractivity contribution in [3.05, 3.63) is 22.6 Å². The number of amides is 1. The first kappa shape index (κ1) is 12.8. The van der Waals surface area contributed by atoms with Crippen molar-refractivity contribution in [2.75, 3.05) is 6.54 Å². The van der Waals surface area contributed by atoms with Crippen molar-refractivity contribution < 1.29 is 9.21 Å². The van der Waals surface area contributed by atoms with Gasteiger partial charge in [0.1, 0.15) is 11.5 Å². The molecule has 0 aliphatic rings. The zero-order valence-electron chi connectivity index (χ0n) is 10.6. The molecular formula is C12H20N2O2. The Morgan fingerprint density at radius 3 is 2.25 bits per heavy atom. The standard InChI is InChI=1S/C12H20N2O2/c1-7-8(2)16-9(3)10(7)11(15)14-12(4,5)6-13/h6,13H2,1-5H3,(H,14,15). The van der Waals surface area contributed by atoms with Crippen LogP contribution in [0.3, 0.4) is 0 Å². The van der Waals surface area contributed by atoms with Crippen molar-refractivity contribution in [3.63, 3.8) is 0 Å². The third-order valence-electron chi connectivity index (χ3n) is 2.75. The van der Waals surface area contributed by atoms with E-state index < -0.39 is 5.54 Å². The molecule has 90 valence electrons. The van der Waals surface area contributed by atoms with Crippen LogP contribution in [0.5, 0.6) is 0 Å². The number of hydrogen-bond donors (Lipinski definition) is 2. The summed E-state index contributed by atoms with van der Waals surface area (Å²) in [5.41, 5.74) is 6.69. The van der Waals surface area contributed by atoms with Crippen molar-refractivity contribution in [1.29, 1.82) is 0 Å². The number of carbonyl (C=O) groups excluding carboxylic acids is 1. The summed E-state index contributed by atoms with van der Waals surface area (Å²) in [6.45, 7) is 9.71. The number of aryl methyl sites for hydroxylation is 2. The van der Waals surface area contributed by atoms with Crippen LogP contribution in [0, 0.1) is 20.8 Å². The van der Waals surface area contributed by atoms with Gasteiger partial charge in [-0.25, -0.2) is 0 Å². The van der Waals surface area contributed by atoms with Crippen molar-refractivity contribution in [2.24, 2.45) is 5.73 Å². The first-order valence-corrected chi connectivity index (χ1v) is 5.37. The van der Waals surface area contributed by atoms with E-state index in [1.807, 2.05) is 27.7 Å². The third kappa shape index (κ3) is 2.44. The highest BCUT2D eigenvalue weighted by atomic mass is 16.3. The van der Waals surface area contributed by atoms with Crippen LogP contribution in [0.4, 0.5) is 0 Å². The molecule has 0 fully saturated rings. The molecule has 3 N–H and O–H groups in total. The minimum absolute atomic E-state index is 0.123. The van der Waals surface area contributed by atoms with E-state index in [-0.39, 0.29) is 5.91 Å². The Balaban J connectivity index is 2.98. The zero-order chi connectivity index (χ0) is 12.5. The maximum atomic E-state index is 12.0. The smallest absolute Gasteiger partial charge is 0.255 e. The van der Waals surface area contributed by atoms with Crippen LogP contribution in [0.25, 0.3) is 0 Å². The zero-order valence-corrected chi connectivity index (χ0v) is 10.6. The van der Waals surface area contributed by atoms with Gasteiger partial charge in [0, 0.05) is 17.6 Å². The van der Waals surface area contributed by atoms with E-state index in [4.69, 9.17) is 10.2 Å². The molecule has 0 saturated carbocycles. The lowest BCUT2D eigenvalue weighted by Gasteiger charge is -2.24. The van der Waals surface area contributed by atoms with Crippen LogP contribution in [-0.2, 0) is 0 Å². The van der Waals surface area contributed by atoms with Gasteiger partial charge in [0.2, 0.25) is 0 Å². The Morgan fingerprint density at radius 2 is 1.88 bits per heavy atom. The van der Waals surface area contributed by atoms with Gasteiger partial charge in [0.15, 0.2) is 0 Å². The molecule has 1 heterocycles. The first-order chi connectivity index (χ1) is 7.28. The third-order valence-corrected chi connectivity index (χ3v) is 2.75. The summed E-state index contributed by atoms with van der Waals surface area (Å²) in [5.74, 6) is 1.32. The maximum Gasteiger partial charge on any atom is 0.255 e. The molecule has 0 aliphatic heterocycles. The topological polar surface area (TPSA) is 68.3 Å². The Hall–Kier alpha value is -1.29. The lowest BCUT2D eigenvalue weighted by molar-refractivity contribution is 0.0913. The van der Waals surface area contributed by atoms with Crippen molar-refractivity contribution in [2.45, 2.75) is 40.2 Å². The Kier molecular flexibility index (Phi) is 3.43. The number of hydrogen-bond acceptors (Lipinski definition) is 3. The van der Waals surface area contributed by atoms with Gasteiger partial charge in [-0.2, -0.15) is 0 Å². The fraction of sp³-hybridized carbons (Fsp3) is 0.583. The second-order valence-electron chi connectivity index (χ2n) is 4.76. The summed E-state index contributed by atoms with van der Waals surface area (Å²) in [7, 11) is 0. The van der Waals surface area contributed by atoms with E-state index in [1.165, 1.54) is 0 Å². The van der Waals surface area contributed by atoms with Gasteiger partial charge >= 0.3 is 0 Å².